The topological polar surface area (TPSA) is 15.3 Å². The maximum atomic E-state index is 3.87. The SMILES string of the molecule is CN1CCCC(NC2CCc3c(Br)cccc32)C1. The van der Waals surface area contributed by atoms with Crippen LogP contribution in [-0.2, 0) is 6.42 Å². The second-order valence-corrected chi connectivity index (χ2v) is 6.52. The number of likely N-dealkylation sites (N-methyl/N-ethyl adjacent to an activating group) is 1. The fourth-order valence-electron chi connectivity index (χ4n) is 3.37. The number of piperidine rings is 1. The molecule has 98 valence electrons. The number of likely N-dealkylation sites (tertiary alicyclic amines) is 1. The van der Waals surface area contributed by atoms with Crippen molar-refractivity contribution in [2.45, 2.75) is 37.8 Å². The molecule has 3 heteroatoms. The van der Waals surface area contributed by atoms with Crippen molar-refractivity contribution in [3.05, 3.63) is 33.8 Å². The summed E-state index contributed by atoms with van der Waals surface area (Å²) in [6.45, 7) is 2.45. The molecule has 1 N–H and O–H groups in total. The summed E-state index contributed by atoms with van der Waals surface area (Å²) in [5.74, 6) is 0. The van der Waals surface area contributed by atoms with Gasteiger partial charge in [-0.05, 0) is 56.5 Å². The Bertz CT molecular complexity index is 433. The number of nitrogens with zero attached hydrogens (tertiary/aromatic N) is 1. The van der Waals surface area contributed by atoms with E-state index in [1.165, 1.54) is 54.4 Å². The first-order valence-electron chi connectivity index (χ1n) is 6.96. The molecule has 1 aromatic carbocycles. The first-order chi connectivity index (χ1) is 8.74. The van der Waals surface area contributed by atoms with E-state index in [4.69, 9.17) is 0 Å². The third-order valence-electron chi connectivity index (χ3n) is 4.27. The van der Waals surface area contributed by atoms with E-state index in [9.17, 15) is 0 Å². The number of fused-ring (bicyclic) bond motifs is 1. The summed E-state index contributed by atoms with van der Waals surface area (Å²) in [5, 5.41) is 3.87. The third-order valence-corrected chi connectivity index (χ3v) is 5.02. The van der Waals surface area contributed by atoms with Gasteiger partial charge >= 0.3 is 0 Å². The fourth-order valence-corrected chi connectivity index (χ4v) is 3.95. The summed E-state index contributed by atoms with van der Waals surface area (Å²) >= 11 is 3.67. The van der Waals surface area contributed by atoms with Gasteiger partial charge in [0, 0.05) is 23.1 Å². The van der Waals surface area contributed by atoms with Crippen molar-refractivity contribution in [2.75, 3.05) is 20.1 Å². The second-order valence-electron chi connectivity index (χ2n) is 5.67. The van der Waals surface area contributed by atoms with Crippen LogP contribution in [0.1, 0.15) is 36.4 Å². The lowest BCUT2D eigenvalue weighted by molar-refractivity contribution is 0.216. The molecule has 0 aromatic heterocycles. The minimum absolute atomic E-state index is 0.564. The van der Waals surface area contributed by atoms with Gasteiger partial charge in [-0.3, -0.25) is 0 Å². The molecular weight excluding hydrogens is 288 g/mol. The van der Waals surface area contributed by atoms with Crippen LogP contribution in [0.2, 0.25) is 0 Å². The van der Waals surface area contributed by atoms with Crippen LogP contribution >= 0.6 is 15.9 Å². The Labute approximate surface area is 118 Å². The van der Waals surface area contributed by atoms with E-state index in [2.05, 4.69) is 51.4 Å². The lowest BCUT2D eigenvalue weighted by Crippen LogP contribution is -2.44. The number of rotatable bonds is 2. The molecule has 1 heterocycles. The molecule has 2 nitrogen and oxygen atoms in total. The van der Waals surface area contributed by atoms with Gasteiger partial charge in [-0.1, -0.05) is 28.1 Å². The average molecular weight is 309 g/mol. The van der Waals surface area contributed by atoms with Crippen molar-refractivity contribution >= 4 is 15.9 Å². The van der Waals surface area contributed by atoms with E-state index in [1.807, 2.05) is 0 Å². The van der Waals surface area contributed by atoms with Crippen molar-refractivity contribution < 1.29 is 0 Å². The second kappa shape index (κ2) is 5.32. The summed E-state index contributed by atoms with van der Waals surface area (Å²) in [5.41, 5.74) is 3.02. The van der Waals surface area contributed by atoms with Crippen LogP contribution in [0.3, 0.4) is 0 Å². The molecule has 0 saturated carbocycles. The Morgan fingerprint density at radius 3 is 3.06 bits per heavy atom. The molecule has 1 saturated heterocycles. The van der Waals surface area contributed by atoms with Crippen LogP contribution in [0.25, 0.3) is 0 Å². The van der Waals surface area contributed by atoms with Crippen LogP contribution in [0.15, 0.2) is 22.7 Å². The minimum Gasteiger partial charge on any atom is -0.306 e. The Morgan fingerprint density at radius 1 is 1.33 bits per heavy atom. The van der Waals surface area contributed by atoms with Crippen LogP contribution in [0, 0.1) is 0 Å². The molecule has 0 amide bonds. The number of hydrogen-bond acceptors (Lipinski definition) is 2. The van der Waals surface area contributed by atoms with Gasteiger partial charge in [0.15, 0.2) is 0 Å². The van der Waals surface area contributed by atoms with Gasteiger partial charge in [-0.2, -0.15) is 0 Å². The molecule has 3 rings (SSSR count). The van der Waals surface area contributed by atoms with Gasteiger partial charge in [0.1, 0.15) is 0 Å². The first kappa shape index (κ1) is 12.6. The highest BCUT2D eigenvalue weighted by atomic mass is 79.9. The Hall–Kier alpha value is -0.380. The van der Waals surface area contributed by atoms with E-state index < -0.39 is 0 Å². The molecule has 2 unspecified atom stereocenters. The molecule has 1 fully saturated rings. The van der Waals surface area contributed by atoms with E-state index in [0.29, 0.717) is 12.1 Å². The smallest absolute Gasteiger partial charge is 0.0329 e. The highest BCUT2D eigenvalue weighted by Gasteiger charge is 2.27. The van der Waals surface area contributed by atoms with Crippen LogP contribution < -0.4 is 5.32 Å². The zero-order chi connectivity index (χ0) is 12.5. The Balaban J connectivity index is 1.71. The highest BCUT2D eigenvalue weighted by Crippen LogP contribution is 2.36. The molecule has 2 atom stereocenters. The highest BCUT2D eigenvalue weighted by molar-refractivity contribution is 9.10. The predicted molar refractivity (Wildman–Crippen MR) is 78.9 cm³/mol. The molecule has 0 bridgehead atoms. The molecule has 1 aliphatic carbocycles. The largest absolute Gasteiger partial charge is 0.306 e. The van der Waals surface area contributed by atoms with Gasteiger partial charge in [0.05, 0.1) is 0 Å². The van der Waals surface area contributed by atoms with Gasteiger partial charge < -0.3 is 10.2 Å². The van der Waals surface area contributed by atoms with Gasteiger partial charge in [0.2, 0.25) is 0 Å². The van der Waals surface area contributed by atoms with Crippen molar-refractivity contribution in [3.63, 3.8) is 0 Å². The lowest BCUT2D eigenvalue weighted by Gasteiger charge is -2.32. The summed E-state index contributed by atoms with van der Waals surface area (Å²) in [4.78, 5) is 2.44. The van der Waals surface area contributed by atoms with Crippen molar-refractivity contribution in [1.29, 1.82) is 0 Å². The third kappa shape index (κ3) is 2.49. The molecular formula is C15H21BrN2. The van der Waals surface area contributed by atoms with Crippen LogP contribution in [0.4, 0.5) is 0 Å². The summed E-state index contributed by atoms with van der Waals surface area (Å²) in [6, 6.07) is 7.84. The van der Waals surface area contributed by atoms with E-state index in [1.54, 1.807) is 0 Å². The minimum atomic E-state index is 0.564. The summed E-state index contributed by atoms with van der Waals surface area (Å²) in [6.07, 6.45) is 5.10. The molecule has 18 heavy (non-hydrogen) atoms. The predicted octanol–water partition coefficient (Wildman–Crippen LogP) is 3.12. The number of benzene rings is 1. The Kier molecular flexibility index (Phi) is 3.73. The van der Waals surface area contributed by atoms with Gasteiger partial charge in [-0.15, -0.1) is 0 Å². The van der Waals surface area contributed by atoms with Gasteiger partial charge in [0.25, 0.3) is 0 Å². The number of hydrogen-bond donors (Lipinski definition) is 1. The molecule has 2 aliphatic rings. The van der Waals surface area contributed by atoms with Crippen LogP contribution in [0.5, 0.6) is 0 Å². The molecule has 0 radical (unpaired) electrons. The number of halogens is 1. The zero-order valence-corrected chi connectivity index (χ0v) is 12.5. The zero-order valence-electron chi connectivity index (χ0n) is 11.0. The summed E-state index contributed by atoms with van der Waals surface area (Å²) in [7, 11) is 2.23. The maximum Gasteiger partial charge on any atom is 0.0329 e. The number of nitrogens with one attached hydrogen (secondary N) is 1. The standard InChI is InChI=1S/C15H21BrN2/c1-18-9-3-4-11(10-18)17-15-8-7-12-13(15)5-2-6-14(12)16/h2,5-6,11,15,17H,3-4,7-10H2,1H3. The average Bonchev–Trinajstić information content (AvgIpc) is 2.74. The maximum absolute atomic E-state index is 3.87. The van der Waals surface area contributed by atoms with Crippen molar-refractivity contribution in [3.8, 4) is 0 Å². The Morgan fingerprint density at radius 2 is 2.22 bits per heavy atom. The lowest BCUT2D eigenvalue weighted by atomic mass is 10.0. The van der Waals surface area contributed by atoms with E-state index in [-0.39, 0.29) is 0 Å². The molecule has 1 aliphatic heterocycles. The van der Waals surface area contributed by atoms with Crippen molar-refractivity contribution in [2.24, 2.45) is 0 Å². The van der Waals surface area contributed by atoms with Gasteiger partial charge in [-0.25, -0.2) is 0 Å². The quantitative estimate of drug-likeness (QED) is 0.903. The fraction of sp³-hybridized carbons (Fsp3) is 0.600. The monoisotopic (exact) mass is 308 g/mol. The van der Waals surface area contributed by atoms with E-state index >= 15 is 0 Å². The molecule has 1 aromatic rings. The summed E-state index contributed by atoms with van der Waals surface area (Å²) < 4.78 is 1.28. The molecule has 0 spiro atoms. The normalized spacial score (nSPS) is 28.3. The van der Waals surface area contributed by atoms with Crippen molar-refractivity contribution in [1.82, 2.24) is 10.2 Å². The van der Waals surface area contributed by atoms with Crippen LogP contribution in [-0.4, -0.2) is 31.1 Å². The van der Waals surface area contributed by atoms with E-state index in [0.717, 1.165) is 0 Å². The first-order valence-corrected chi connectivity index (χ1v) is 7.75.